The molecule has 4 nitrogen and oxygen atoms in total. The molecule has 0 radical (unpaired) electrons. The molecule has 152 valence electrons. The summed E-state index contributed by atoms with van der Waals surface area (Å²) < 4.78 is 57.1. The SMILES string of the molecule is [2H]c1c([2H])c([2H])c2c(oc3c(-c4ccccc4)c(-c4nc(Cl)nc(-c5ccccc5)n4)c([2H])c([2H])c32)c1[2H]. The summed E-state index contributed by atoms with van der Waals surface area (Å²) in [6.07, 6.45) is 0. The molecule has 6 aromatic rings. The lowest BCUT2D eigenvalue weighted by molar-refractivity contribution is 0.670. The molecule has 32 heavy (non-hydrogen) atoms. The zero-order valence-corrected chi connectivity index (χ0v) is 17.2. The van der Waals surface area contributed by atoms with Crippen molar-refractivity contribution in [3.63, 3.8) is 0 Å². The minimum absolute atomic E-state index is 0.0480. The summed E-state index contributed by atoms with van der Waals surface area (Å²) in [7, 11) is 0. The minimum atomic E-state index is -0.447. The van der Waals surface area contributed by atoms with Gasteiger partial charge in [-0.1, -0.05) is 78.8 Å². The van der Waals surface area contributed by atoms with Crippen molar-refractivity contribution in [1.82, 2.24) is 15.0 Å². The number of furan rings is 1. The number of hydrogen-bond donors (Lipinski definition) is 0. The van der Waals surface area contributed by atoms with Crippen LogP contribution in [0.3, 0.4) is 0 Å². The van der Waals surface area contributed by atoms with E-state index in [4.69, 9.17) is 24.2 Å². The number of para-hydroxylation sites is 1. The normalized spacial score (nSPS) is 13.9. The van der Waals surface area contributed by atoms with Crippen LogP contribution in [-0.2, 0) is 0 Å². The highest BCUT2D eigenvalue weighted by molar-refractivity contribution is 6.28. The van der Waals surface area contributed by atoms with Gasteiger partial charge in [0.1, 0.15) is 11.2 Å². The first kappa shape index (κ1) is 13.4. The Balaban J connectivity index is 1.80. The lowest BCUT2D eigenvalue weighted by Crippen LogP contribution is -1.98. The highest BCUT2D eigenvalue weighted by Gasteiger charge is 2.20. The third-order valence-electron chi connectivity index (χ3n) is 5.05. The van der Waals surface area contributed by atoms with Gasteiger partial charge in [-0.05, 0) is 35.3 Å². The van der Waals surface area contributed by atoms with Crippen molar-refractivity contribution in [2.45, 2.75) is 0 Å². The van der Waals surface area contributed by atoms with Crippen LogP contribution in [0.1, 0.15) is 8.22 Å². The maximum absolute atomic E-state index is 9.02. The Hall–Kier alpha value is -4.02. The zero-order chi connectivity index (χ0) is 26.7. The van der Waals surface area contributed by atoms with E-state index in [0.29, 0.717) is 16.7 Å². The molecule has 0 bridgehead atoms. The average molecular weight is 440 g/mol. The molecule has 6 rings (SSSR count). The molecule has 0 aliphatic rings. The molecule has 2 aromatic heterocycles. The van der Waals surface area contributed by atoms with E-state index in [0.717, 1.165) is 0 Å². The van der Waals surface area contributed by atoms with Crippen LogP contribution in [-0.4, -0.2) is 15.0 Å². The van der Waals surface area contributed by atoms with Crippen molar-refractivity contribution in [3.05, 3.63) is 102 Å². The fraction of sp³-hybridized carbons (Fsp3) is 0. The van der Waals surface area contributed by atoms with E-state index in [-0.39, 0.29) is 68.6 Å². The summed E-state index contributed by atoms with van der Waals surface area (Å²) in [5.41, 5.74) is 1.89. The summed E-state index contributed by atoms with van der Waals surface area (Å²) in [6, 6.07) is 16.1. The monoisotopic (exact) mass is 439 g/mol. The predicted molar refractivity (Wildman–Crippen MR) is 128 cm³/mol. The maximum atomic E-state index is 9.02. The topological polar surface area (TPSA) is 51.8 Å². The highest BCUT2D eigenvalue weighted by atomic mass is 35.5. The molecular formula is C27H16ClN3O. The van der Waals surface area contributed by atoms with Gasteiger partial charge in [0.2, 0.25) is 5.28 Å². The van der Waals surface area contributed by atoms with E-state index >= 15 is 0 Å². The fourth-order valence-electron chi connectivity index (χ4n) is 3.64. The fourth-order valence-corrected chi connectivity index (χ4v) is 3.80. The van der Waals surface area contributed by atoms with Crippen LogP contribution in [0.25, 0.3) is 55.8 Å². The standard InChI is InChI=1S/C27H16ClN3O/c28-27-30-25(18-11-5-2-6-12-18)29-26(31-27)21-16-15-20-19-13-7-8-14-22(19)32-24(20)23(21)17-9-3-1-4-10-17/h1-16H/i7D,8D,13D,14D,15D,16D. The van der Waals surface area contributed by atoms with Crippen LogP contribution in [0.4, 0.5) is 0 Å². The zero-order valence-electron chi connectivity index (χ0n) is 22.4. The Labute approximate surface area is 197 Å². The minimum Gasteiger partial charge on any atom is -0.455 e. The van der Waals surface area contributed by atoms with Gasteiger partial charge in [-0.15, -0.1) is 0 Å². The number of halogens is 1. The summed E-state index contributed by atoms with van der Waals surface area (Å²) in [5, 5.41) is 0.0676. The molecule has 0 aliphatic carbocycles. The number of fused-ring (bicyclic) bond motifs is 3. The molecule has 0 saturated heterocycles. The molecule has 4 aromatic carbocycles. The van der Waals surface area contributed by atoms with Crippen molar-refractivity contribution in [1.29, 1.82) is 0 Å². The van der Waals surface area contributed by atoms with E-state index in [1.165, 1.54) is 0 Å². The van der Waals surface area contributed by atoms with E-state index in [9.17, 15) is 0 Å². The molecule has 0 spiro atoms. The summed E-state index contributed by atoms with van der Waals surface area (Å²) >= 11 is 6.31. The van der Waals surface area contributed by atoms with Crippen LogP contribution < -0.4 is 0 Å². The molecule has 5 heteroatoms. The second-order valence-corrected chi connectivity index (χ2v) is 7.33. The van der Waals surface area contributed by atoms with Crippen molar-refractivity contribution in [3.8, 4) is 33.9 Å². The van der Waals surface area contributed by atoms with Gasteiger partial charge in [0, 0.05) is 27.5 Å². The first-order chi connectivity index (χ1) is 18.3. The molecule has 0 saturated carbocycles. The van der Waals surface area contributed by atoms with Gasteiger partial charge in [-0.25, -0.2) is 4.98 Å². The van der Waals surface area contributed by atoms with Gasteiger partial charge in [0.05, 0.1) is 8.22 Å². The Morgan fingerprint density at radius 2 is 1.38 bits per heavy atom. The summed E-state index contributed by atoms with van der Waals surface area (Å²) in [4.78, 5) is 13.2. The van der Waals surface area contributed by atoms with E-state index in [1.54, 1.807) is 24.3 Å². The molecular weight excluding hydrogens is 418 g/mol. The number of aromatic nitrogens is 3. The van der Waals surface area contributed by atoms with Crippen molar-refractivity contribution < 1.29 is 12.6 Å². The van der Waals surface area contributed by atoms with Gasteiger partial charge >= 0.3 is 0 Å². The van der Waals surface area contributed by atoms with Crippen LogP contribution >= 0.6 is 11.6 Å². The van der Waals surface area contributed by atoms with Crippen molar-refractivity contribution in [2.24, 2.45) is 0 Å². The van der Waals surface area contributed by atoms with E-state index in [2.05, 4.69) is 15.0 Å². The van der Waals surface area contributed by atoms with Crippen LogP contribution in [0, 0.1) is 0 Å². The Morgan fingerprint density at radius 1 is 0.688 bits per heavy atom. The second kappa shape index (κ2) is 7.59. The van der Waals surface area contributed by atoms with Gasteiger partial charge in [-0.2, -0.15) is 9.97 Å². The molecule has 0 N–H and O–H groups in total. The first-order valence-electron chi connectivity index (χ1n) is 12.8. The maximum Gasteiger partial charge on any atom is 0.226 e. The smallest absolute Gasteiger partial charge is 0.226 e. The van der Waals surface area contributed by atoms with E-state index < -0.39 is 12.1 Å². The number of rotatable bonds is 3. The molecule has 0 fully saturated rings. The third kappa shape index (κ3) is 3.13. The largest absolute Gasteiger partial charge is 0.455 e. The highest BCUT2D eigenvalue weighted by Crippen LogP contribution is 2.41. The van der Waals surface area contributed by atoms with Crippen LogP contribution in [0.2, 0.25) is 5.28 Å². The van der Waals surface area contributed by atoms with Gasteiger partial charge < -0.3 is 4.42 Å². The molecule has 0 aliphatic heterocycles. The number of benzene rings is 4. The summed E-state index contributed by atoms with van der Waals surface area (Å²) in [5.74, 6) is 0.345. The lowest BCUT2D eigenvalue weighted by atomic mass is 9.96. The van der Waals surface area contributed by atoms with Gasteiger partial charge in [0.25, 0.3) is 0 Å². The molecule has 2 heterocycles. The molecule has 0 atom stereocenters. The van der Waals surface area contributed by atoms with Gasteiger partial charge in [-0.3, -0.25) is 0 Å². The Bertz CT molecular complexity index is 1900. The van der Waals surface area contributed by atoms with E-state index in [1.807, 2.05) is 36.4 Å². The molecule has 0 amide bonds. The molecule has 0 unspecified atom stereocenters. The lowest BCUT2D eigenvalue weighted by Gasteiger charge is -2.11. The number of nitrogens with zero attached hydrogens (tertiary/aromatic N) is 3. The Kier molecular flexibility index (Phi) is 3.18. The van der Waals surface area contributed by atoms with Crippen LogP contribution in [0.15, 0.2) is 101 Å². The first-order valence-corrected chi connectivity index (χ1v) is 10.1. The number of hydrogen-bond acceptors (Lipinski definition) is 4. The predicted octanol–water partition coefficient (Wildman–Crippen LogP) is 7.43. The van der Waals surface area contributed by atoms with Crippen molar-refractivity contribution >= 4 is 33.5 Å². The quantitative estimate of drug-likeness (QED) is 0.287. The third-order valence-corrected chi connectivity index (χ3v) is 5.22. The Morgan fingerprint density at radius 3 is 2.16 bits per heavy atom. The van der Waals surface area contributed by atoms with Gasteiger partial charge in [0.15, 0.2) is 11.6 Å². The van der Waals surface area contributed by atoms with Crippen molar-refractivity contribution in [2.75, 3.05) is 0 Å². The average Bonchev–Trinajstić information content (AvgIpc) is 3.34. The van der Waals surface area contributed by atoms with Crippen LogP contribution in [0.5, 0.6) is 0 Å². The summed E-state index contributed by atoms with van der Waals surface area (Å²) in [6.45, 7) is 0. The second-order valence-electron chi connectivity index (χ2n) is 6.99.